The summed E-state index contributed by atoms with van der Waals surface area (Å²) in [4.78, 5) is 2.20. The molecule has 0 amide bonds. The second-order valence-corrected chi connectivity index (χ2v) is 3.90. The van der Waals surface area contributed by atoms with Gasteiger partial charge in [-0.2, -0.15) is 0 Å². The molecule has 0 bridgehead atoms. The van der Waals surface area contributed by atoms with Gasteiger partial charge in [0, 0.05) is 19.7 Å². The molecule has 1 aromatic carbocycles. The Bertz CT molecular complexity index is 356. The van der Waals surface area contributed by atoms with E-state index in [0.717, 1.165) is 31.1 Å². The van der Waals surface area contributed by atoms with Crippen molar-refractivity contribution in [2.45, 2.75) is 20.8 Å². The number of rotatable bonds is 8. The summed E-state index contributed by atoms with van der Waals surface area (Å²) < 4.78 is 10.9. The predicted octanol–water partition coefficient (Wildman–Crippen LogP) is 2.53. The fourth-order valence-electron chi connectivity index (χ4n) is 1.86. The van der Waals surface area contributed by atoms with Gasteiger partial charge in [-0.1, -0.05) is 6.07 Å². The molecule has 0 unspecified atom stereocenters. The Labute approximate surface area is 110 Å². The van der Waals surface area contributed by atoms with Gasteiger partial charge in [0.25, 0.3) is 0 Å². The van der Waals surface area contributed by atoms with Crippen molar-refractivity contribution in [3.63, 3.8) is 0 Å². The first-order valence-electron chi connectivity index (χ1n) is 6.58. The largest absolute Gasteiger partial charge is 0.492 e. The maximum Gasteiger partial charge on any atom is 0.144 e. The van der Waals surface area contributed by atoms with Crippen molar-refractivity contribution in [1.29, 1.82) is 0 Å². The van der Waals surface area contributed by atoms with Crippen LogP contribution in [0, 0.1) is 0 Å². The molecule has 0 radical (unpaired) electrons. The third kappa shape index (κ3) is 3.81. The molecule has 1 aromatic rings. The summed E-state index contributed by atoms with van der Waals surface area (Å²) >= 11 is 0. The van der Waals surface area contributed by atoms with E-state index in [1.54, 1.807) is 0 Å². The van der Waals surface area contributed by atoms with Crippen LogP contribution < -0.4 is 15.4 Å². The van der Waals surface area contributed by atoms with Crippen LogP contribution in [0.3, 0.4) is 0 Å². The van der Waals surface area contributed by atoms with Crippen LogP contribution in [0.4, 0.5) is 11.4 Å². The summed E-state index contributed by atoms with van der Waals surface area (Å²) in [6.45, 7) is 9.88. The third-order valence-electron chi connectivity index (χ3n) is 2.78. The molecule has 2 N–H and O–H groups in total. The van der Waals surface area contributed by atoms with Crippen LogP contribution in [-0.2, 0) is 4.74 Å². The number of hydrogen-bond donors (Lipinski definition) is 1. The molecule has 0 saturated heterocycles. The zero-order valence-electron chi connectivity index (χ0n) is 11.6. The first-order chi connectivity index (χ1) is 8.74. The summed E-state index contributed by atoms with van der Waals surface area (Å²) in [7, 11) is 0. The molecule has 4 nitrogen and oxygen atoms in total. The molecule has 4 heteroatoms. The average Bonchev–Trinajstić information content (AvgIpc) is 2.38. The Kier molecular flexibility index (Phi) is 6.36. The first kappa shape index (κ1) is 14.6. The Morgan fingerprint density at radius 2 is 1.94 bits per heavy atom. The van der Waals surface area contributed by atoms with E-state index in [-0.39, 0.29) is 0 Å². The van der Waals surface area contributed by atoms with Gasteiger partial charge < -0.3 is 20.1 Å². The lowest BCUT2D eigenvalue weighted by atomic mass is 10.2. The fourth-order valence-corrected chi connectivity index (χ4v) is 1.86. The van der Waals surface area contributed by atoms with Gasteiger partial charge in [-0.15, -0.1) is 0 Å². The van der Waals surface area contributed by atoms with Crippen molar-refractivity contribution in [1.82, 2.24) is 0 Å². The fraction of sp³-hybridized carbons (Fsp3) is 0.571. The molecule has 0 aliphatic rings. The highest BCUT2D eigenvalue weighted by Crippen LogP contribution is 2.32. The van der Waals surface area contributed by atoms with Crippen molar-refractivity contribution < 1.29 is 9.47 Å². The number of para-hydroxylation sites is 1. The molecular weight excluding hydrogens is 228 g/mol. The molecule has 0 fully saturated rings. The summed E-state index contributed by atoms with van der Waals surface area (Å²) in [5.41, 5.74) is 7.87. The van der Waals surface area contributed by atoms with Crippen molar-refractivity contribution in [3.8, 4) is 5.75 Å². The number of hydrogen-bond acceptors (Lipinski definition) is 4. The van der Waals surface area contributed by atoms with Gasteiger partial charge in [-0.25, -0.2) is 0 Å². The minimum Gasteiger partial charge on any atom is -0.492 e. The number of nitrogens with two attached hydrogens (primary N) is 1. The minimum atomic E-state index is 0.624. The van der Waals surface area contributed by atoms with Gasteiger partial charge in [0.1, 0.15) is 5.75 Å². The molecule has 0 spiro atoms. The minimum absolute atomic E-state index is 0.624. The SMILES string of the molecule is CCOCCN(CC)c1cccc(OCC)c1N. The van der Waals surface area contributed by atoms with Gasteiger partial charge in [0.2, 0.25) is 0 Å². The van der Waals surface area contributed by atoms with Crippen LogP contribution in [0.15, 0.2) is 18.2 Å². The van der Waals surface area contributed by atoms with Crippen LogP contribution in [0.25, 0.3) is 0 Å². The number of nitrogen functional groups attached to an aromatic ring is 1. The Morgan fingerprint density at radius 1 is 1.17 bits per heavy atom. The number of likely N-dealkylation sites (N-methyl/N-ethyl adjacent to an activating group) is 1. The van der Waals surface area contributed by atoms with E-state index in [4.69, 9.17) is 15.2 Å². The molecule has 1 rings (SSSR count). The van der Waals surface area contributed by atoms with E-state index in [0.29, 0.717) is 18.9 Å². The van der Waals surface area contributed by atoms with E-state index in [2.05, 4.69) is 11.8 Å². The second-order valence-electron chi connectivity index (χ2n) is 3.90. The van der Waals surface area contributed by atoms with Crippen LogP contribution in [0.1, 0.15) is 20.8 Å². The van der Waals surface area contributed by atoms with Crippen molar-refractivity contribution >= 4 is 11.4 Å². The van der Waals surface area contributed by atoms with E-state index in [1.165, 1.54) is 0 Å². The number of benzene rings is 1. The van der Waals surface area contributed by atoms with E-state index in [9.17, 15) is 0 Å². The van der Waals surface area contributed by atoms with Gasteiger partial charge in [-0.05, 0) is 32.9 Å². The smallest absolute Gasteiger partial charge is 0.144 e. The van der Waals surface area contributed by atoms with Crippen LogP contribution in [-0.4, -0.2) is 32.9 Å². The highest BCUT2D eigenvalue weighted by molar-refractivity contribution is 5.74. The Balaban J connectivity index is 2.81. The lowest BCUT2D eigenvalue weighted by Crippen LogP contribution is -2.28. The van der Waals surface area contributed by atoms with Crippen molar-refractivity contribution in [2.24, 2.45) is 0 Å². The normalized spacial score (nSPS) is 10.4. The van der Waals surface area contributed by atoms with Crippen LogP contribution in [0.5, 0.6) is 5.75 Å². The van der Waals surface area contributed by atoms with Crippen molar-refractivity contribution in [2.75, 3.05) is 43.5 Å². The van der Waals surface area contributed by atoms with E-state index < -0.39 is 0 Å². The molecule has 18 heavy (non-hydrogen) atoms. The molecule has 0 atom stereocenters. The maximum absolute atomic E-state index is 6.14. The topological polar surface area (TPSA) is 47.7 Å². The lowest BCUT2D eigenvalue weighted by molar-refractivity contribution is 0.154. The first-order valence-corrected chi connectivity index (χ1v) is 6.58. The summed E-state index contributed by atoms with van der Waals surface area (Å²) in [6, 6.07) is 5.89. The zero-order chi connectivity index (χ0) is 13.4. The standard InChI is InChI=1S/C14H24N2O2/c1-4-16(10-11-17-5-2)12-8-7-9-13(14(12)15)18-6-3/h7-9H,4-6,10-11,15H2,1-3H3. The van der Waals surface area contributed by atoms with Gasteiger partial charge in [0.15, 0.2) is 0 Å². The monoisotopic (exact) mass is 252 g/mol. The van der Waals surface area contributed by atoms with Gasteiger partial charge in [-0.3, -0.25) is 0 Å². The molecule has 0 aromatic heterocycles. The summed E-state index contributed by atoms with van der Waals surface area (Å²) in [5.74, 6) is 0.754. The molecule has 0 heterocycles. The van der Waals surface area contributed by atoms with Crippen LogP contribution in [0.2, 0.25) is 0 Å². The third-order valence-corrected chi connectivity index (χ3v) is 2.78. The zero-order valence-corrected chi connectivity index (χ0v) is 11.6. The number of ether oxygens (including phenoxy) is 2. The summed E-state index contributed by atoms with van der Waals surface area (Å²) in [6.07, 6.45) is 0. The van der Waals surface area contributed by atoms with Gasteiger partial charge >= 0.3 is 0 Å². The molecule has 0 aliphatic carbocycles. The molecule has 0 aliphatic heterocycles. The number of nitrogens with zero attached hydrogens (tertiary/aromatic N) is 1. The predicted molar refractivity (Wildman–Crippen MR) is 76.4 cm³/mol. The Hall–Kier alpha value is -1.42. The lowest BCUT2D eigenvalue weighted by Gasteiger charge is -2.25. The van der Waals surface area contributed by atoms with Crippen LogP contribution >= 0.6 is 0 Å². The highest BCUT2D eigenvalue weighted by atomic mass is 16.5. The highest BCUT2D eigenvalue weighted by Gasteiger charge is 2.11. The quantitative estimate of drug-likeness (QED) is 0.570. The maximum atomic E-state index is 6.14. The van der Waals surface area contributed by atoms with Gasteiger partial charge in [0.05, 0.1) is 24.6 Å². The second kappa shape index (κ2) is 7.82. The van der Waals surface area contributed by atoms with E-state index in [1.807, 2.05) is 32.0 Å². The molecule has 0 saturated carbocycles. The van der Waals surface area contributed by atoms with E-state index >= 15 is 0 Å². The average molecular weight is 252 g/mol. The molecular formula is C14H24N2O2. The Morgan fingerprint density at radius 3 is 2.56 bits per heavy atom. The summed E-state index contributed by atoms with van der Waals surface area (Å²) in [5, 5.41) is 0. The number of anilines is 2. The van der Waals surface area contributed by atoms with Crippen molar-refractivity contribution in [3.05, 3.63) is 18.2 Å². The molecule has 102 valence electrons.